The standard InChI is InChI=1S/C19H30ClN5/c1-3-23-9-8-16(15-23)14-22-19(21-2)25-12-10-24(11-13-25)18-7-5-4-6-17(18)20/h4-7,16H,3,8-15H2,1-2H3,(H,21,22). The van der Waals surface area contributed by atoms with E-state index in [0.717, 1.165) is 61.9 Å². The number of hydrogen-bond acceptors (Lipinski definition) is 3. The molecule has 0 amide bonds. The van der Waals surface area contributed by atoms with Gasteiger partial charge in [0.25, 0.3) is 0 Å². The van der Waals surface area contributed by atoms with Crippen molar-refractivity contribution in [1.82, 2.24) is 15.1 Å². The molecule has 6 heteroatoms. The van der Waals surface area contributed by atoms with E-state index in [4.69, 9.17) is 11.6 Å². The first kappa shape index (κ1) is 18.3. The molecule has 2 heterocycles. The van der Waals surface area contributed by atoms with Crippen LogP contribution in [0.3, 0.4) is 0 Å². The second kappa shape index (κ2) is 8.77. The number of nitrogens with one attached hydrogen (secondary N) is 1. The lowest BCUT2D eigenvalue weighted by molar-refractivity contribution is 0.337. The van der Waals surface area contributed by atoms with Crippen LogP contribution in [0.4, 0.5) is 5.69 Å². The number of piperazine rings is 1. The van der Waals surface area contributed by atoms with Gasteiger partial charge in [-0.25, -0.2) is 0 Å². The highest BCUT2D eigenvalue weighted by Gasteiger charge is 2.24. The molecule has 0 aromatic heterocycles. The van der Waals surface area contributed by atoms with Crippen molar-refractivity contribution in [2.75, 3.05) is 64.3 Å². The lowest BCUT2D eigenvalue weighted by atomic mass is 10.1. The summed E-state index contributed by atoms with van der Waals surface area (Å²) in [4.78, 5) is 11.8. The summed E-state index contributed by atoms with van der Waals surface area (Å²) in [6.07, 6.45) is 1.29. The van der Waals surface area contributed by atoms with Gasteiger partial charge in [0.15, 0.2) is 5.96 Å². The zero-order chi connectivity index (χ0) is 17.6. The Kier molecular flexibility index (Phi) is 6.43. The summed E-state index contributed by atoms with van der Waals surface area (Å²) in [5.41, 5.74) is 1.14. The molecule has 1 N–H and O–H groups in total. The second-order valence-corrected chi connectivity index (χ2v) is 7.31. The predicted molar refractivity (Wildman–Crippen MR) is 107 cm³/mol. The van der Waals surface area contributed by atoms with Crippen LogP contribution < -0.4 is 10.2 Å². The minimum absolute atomic E-state index is 0.737. The van der Waals surface area contributed by atoms with Crippen LogP contribution in [0, 0.1) is 5.92 Å². The number of nitrogens with zero attached hydrogens (tertiary/aromatic N) is 4. The van der Waals surface area contributed by atoms with E-state index in [1.54, 1.807) is 0 Å². The number of anilines is 1. The Hall–Kier alpha value is -1.46. The van der Waals surface area contributed by atoms with Crippen molar-refractivity contribution in [3.8, 4) is 0 Å². The van der Waals surface area contributed by atoms with Crippen molar-refractivity contribution in [1.29, 1.82) is 0 Å². The molecular weight excluding hydrogens is 334 g/mol. The molecule has 0 aliphatic carbocycles. The van der Waals surface area contributed by atoms with E-state index in [0.29, 0.717) is 0 Å². The molecule has 2 saturated heterocycles. The number of benzene rings is 1. The zero-order valence-electron chi connectivity index (χ0n) is 15.4. The molecule has 1 aromatic carbocycles. The molecule has 2 aliphatic rings. The summed E-state index contributed by atoms with van der Waals surface area (Å²) in [6, 6.07) is 8.10. The SMILES string of the molecule is CCN1CCC(CNC(=NC)N2CCN(c3ccccc3Cl)CC2)C1. The van der Waals surface area contributed by atoms with Crippen molar-refractivity contribution in [2.45, 2.75) is 13.3 Å². The van der Waals surface area contributed by atoms with Gasteiger partial charge in [-0.1, -0.05) is 30.7 Å². The first-order valence-electron chi connectivity index (χ1n) is 9.38. The topological polar surface area (TPSA) is 34.1 Å². The summed E-state index contributed by atoms with van der Waals surface area (Å²) in [5.74, 6) is 1.77. The Morgan fingerprint density at radius 3 is 2.60 bits per heavy atom. The average Bonchev–Trinajstić information content (AvgIpc) is 3.11. The minimum atomic E-state index is 0.737. The van der Waals surface area contributed by atoms with Gasteiger partial charge in [-0.3, -0.25) is 4.99 Å². The van der Waals surface area contributed by atoms with Gasteiger partial charge < -0.3 is 20.0 Å². The third kappa shape index (κ3) is 4.59. The van der Waals surface area contributed by atoms with Gasteiger partial charge in [-0.15, -0.1) is 0 Å². The van der Waals surface area contributed by atoms with Crippen molar-refractivity contribution in [2.24, 2.45) is 10.9 Å². The van der Waals surface area contributed by atoms with Crippen LogP contribution >= 0.6 is 11.6 Å². The molecule has 1 atom stereocenters. The molecule has 1 aromatic rings. The van der Waals surface area contributed by atoms with Crippen LogP contribution in [0.2, 0.25) is 5.02 Å². The molecule has 0 bridgehead atoms. The fourth-order valence-corrected chi connectivity index (χ4v) is 4.06. The Balaban J connectivity index is 1.48. The molecule has 0 radical (unpaired) electrons. The van der Waals surface area contributed by atoms with Gasteiger partial charge >= 0.3 is 0 Å². The number of aliphatic imine (C=N–C) groups is 1. The number of halogens is 1. The summed E-state index contributed by atoms with van der Waals surface area (Å²) in [6.45, 7) is 10.7. The average molecular weight is 364 g/mol. The van der Waals surface area contributed by atoms with Gasteiger partial charge in [-0.2, -0.15) is 0 Å². The van der Waals surface area contributed by atoms with Crippen molar-refractivity contribution >= 4 is 23.2 Å². The number of likely N-dealkylation sites (tertiary alicyclic amines) is 1. The van der Waals surface area contributed by atoms with E-state index in [9.17, 15) is 0 Å². The highest BCUT2D eigenvalue weighted by Crippen LogP contribution is 2.26. The number of rotatable bonds is 4. The van der Waals surface area contributed by atoms with Crippen LogP contribution in [0.15, 0.2) is 29.3 Å². The number of guanidine groups is 1. The predicted octanol–water partition coefficient (Wildman–Crippen LogP) is 2.38. The van der Waals surface area contributed by atoms with Gasteiger partial charge in [0.1, 0.15) is 0 Å². The molecular formula is C19H30ClN5. The maximum Gasteiger partial charge on any atom is 0.193 e. The van der Waals surface area contributed by atoms with E-state index in [-0.39, 0.29) is 0 Å². The molecule has 5 nitrogen and oxygen atoms in total. The third-order valence-electron chi connectivity index (χ3n) is 5.35. The lowest BCUT2D eigenvalue weighted by Crippen LogP contribution is -2.53. The van der Waals surface area contributed by atoms with Crippen LogP contribution in [0.25, 0.3) is 0 Å². The van der Waals surface area contributed by atoms with Gasteiger partial charge in [0, 0.05) is 46.3 Å². The Bertz CT molecular complexity index is 583. The van der Waals surface area contributed by atoms with E-state index in [1.165, 1.54) is 19.5 Å². The highest BCUT2D eigenvalue weighted by atomic mass is 35.5. The molecule has 25 heavy (non-hydrogen) atoms. The van der Waals surface area contributed by atoms with Gasteiger partial charge in [0.05, 0.1) is 10.7 Å². The smallest absolute Gasteiger partial charge is 0.193 e. The molecule has 0 spiro atoms. The van der Waals surface area contributed by atoms with Crippen LogP contribution in [-0.2, 0) is 0 Å². The molecule has 2 fully saturated rings. The quantitative estimate of drug-likeness (QED) is 0.658. The number of para-hydroxylation sites is 1. The maximum atomic E-state index is 6.33. The molecule has 138 valence electrons. The van der Waals surface area contributed by atoms with E-state index >= 15 is 0 Å². The number of hydrogen-bond donors (Lipinski definition) is 1. The summed E-state index contributed by atoms with van der Waals surface area (Å²) in [5, 5.41) is 4.43. The van der Waals surface area contributed by atoms with Crippen LogP contribution in [-0.4, -0.2) is 75.2 Å². The van der Waals surface area contributed by atoms with Gasteiger partial charge in [-0.05, 0) is 37.6 Å². The lowest BCUT2D eigenvalue weighted by Gasteiger charge is -2.38. The fourth-order valence-electron chi connectivity index (χ4n) is 3.80. The third-order valence-corrected chi connectivity index (χ3v) is 5.67. The summed E-state index contributed by atoms with van der Waals surface area (Å²) >= 11 is 6.33. The first-order valence-corrected chi connectivity index (χ1v) is 9.76. The van der Waals surface area contributed by atoms with E-state index in [2.05, 4.69) is 44.1 Å². The molecule has 3 rings (SSSR count). The fraction of sp³-hybridized carbons (Fsp3) is 0.632. The van der Waals surface area contributed by atoms with Gasteiger partial charge in [0.2, 0.25) is 0 Å². The highest BCUT2D eigenvalue weighted by molar-refractivity contribution is 6.33. The van der Waals surface area contributed by atoms with Crippen LogP contribution in [0.5, 0.6) is 0 Å². The second-order valence-electron chi connectivity index (χ2n) is 6.90. The molecule has 1 unspecified atom stereocenters. The molecule has 2 aliphatic heterocycles. The maximum absolute atomic E-state index is 6.33. The van der Waals surface area contributed by atoms with E-state index in [1.807, 2.05) is 19.2 Å². The zero-order valence-corrected chi connectivity index (χ0v) is 16.2. The Morgan fingerprint density at radius 1 is 1.20 bits per heavy atom. The Morgan fingerprint density at radius 2 is 1.96 bits per heavy atom. The van der Waals surface area contributed by atoms with Crippen molar-refractivity contribution in [3.05, 3.63) is 29.3 Å². The van der Waals surface area contributed by atoms with E-state index < -0.39 is 0 Å². The summed E-state index contributed by atoms with van der Waals surface area (Å²) in [7, 11) is 1.88. The van der Waals surface area contributed by atoms with Crippen molar-refractivity contribution < 1.29 is 0 Å². The first-order chi connectivity index (χ1) is 12.2. The normalized spacial score (nSPS) is 22.5. The summed E-state index contributed by atoms with van der Waals surface area (Å²) < 4.78 is 0. The van der Waals surface area contributed by atoms with Crippen LogP contribution in [0.1, 0.15) is 13.3 Å². The largest absolute Gasteiger partial charge is 0.367 e. The molecule has 0 saturated carbocycles. The minimum Gasteiger partial charge on any atom is -0.367 e. The Labute approximate surface area is 156 Å². The monoisotopic (exact) mass is 363 g/mol. The van der Waals surface area contributed by atoms with Crippen molar-refractivity contribution in [3.63, 3.8) is 0 Å².